The van der Waals surface area contributed by atoms with Gasteiger partial charge in [0.15, 0.2) is 0 Å². The Morgan fingerprint density at radius 1 is 1.25 bits per heavy atom. The Kier molecular flexibility index (Phi) is 3.51. The number of likely N-dealkylation sites (tertiary alicyclic amines) is 1. The van der Waals surface area contributed by atoms with Crippen molar-refractivity contribution in [2.45, 2.75) is 44.2 Å². The minimum Gasteiger partial charge on any atom is -0.480 e. The topological polar surface area (TPSA) is 88.3 Å². The number of benzene rings is 1. The van der Waals surface area contributed by atoms with Crippen LogP contribution in [-0.2, 0) is 11.8 Å². The number of amides is 1. The normalized spacial score (nSPS) is 26.5. The molecule has 2 heterocycles. The number of carboxylic acid groups (broad SMARTS) is 1. The fourth-order valence-electron chi connectivity index (χ4n) is 4.30. The number of fused-ring (bicyclic) bond motifs is 2. The fraction of sp³-hybridized carbons (Fsp3) is 0.529. The van der Waals surface area contributed by atoms with Crippen LogP contribution in [0.1, 0.15) is 42.5 Å². The lowest BCUT2D eigenvalue weighted by Gasteiger charge is -2.33. The summed E-state index contributed by atoms with van der Waals surface area (Å²) in [5, 5.41) is 17.6. The van der Waals surface area contributed by atoms with Gasteiger partial charge < -0.3 is 10.0 Å². The molecule has 1 saturated heterocycles. The SMILES string of the molecule is Cn1nnc2cc(C(=O)N3[C@@H]4CCCC[C@H]4C[C@H]3C(=O)O)ccc21. The summed E-state index contributed by atoms with van der Waals surface area (Å²) in [6.45, 7) is 0. The lowest BCUT2D eigenvalue weighted by Crippen LogP contribution is -2.46. The van der Waals surface area contributed by atoms with E-state index in [0.29, 0.717) is 23.4 Å². The highest BCUT2D eigenvalue weighted by molar-refractivity contribution is 5.99. The van der Waals surface area contributed by atoms with Gasteiger partial charge in [0.25, 0.3) is 5.91 Å². The van der Waals surface area contributed by atoms with Crippen molar-refractivity contribution in [1.29, 1.82) is 0 Å². The number of hydrogen-bond donors (Lipinski definition) is 1. The van der Waals surface area contributed by atoms with Crippen molar-refractivity contribution in [2.75, 3.05) is 0 Å². The molecule has 1 aliphatic heterocycles. The summed E-state index contributed by atoms with van der Waals surface area (Å²) in [6.07, 6.45) is 4.66. The van der Waals surface area contributed by atoms with Gasteiger partial charge >= 0.3 is 5.97 Å². The number of aromatic nitrogens is 3. The quantitative estimate of drug-likeness (QED) is 0.908. The Labute approximate surface area is 139 Å². The van der Waals surface area contributed by atoms with Gasteiger partial charge in [-0.1, -0.05) is 18.1 Å². The molecule has 3 atom stereocenters. The number of carboxylic acids is 1. The zero-order valence-corrected chi connectivity index (χ0v) is 13.6. The molecular weight excluding hydrogens is 308 g/mol. The number of carbonyl (C=O) groups excluding carboxylic acids is 1. The van der Waals surface area contributed by atoms with Gasteiger partial charge in [-0.25, -0.2) is 9.48 Å². The van der Waals surface area contributed by atoms with Gasteiger partial charge in [-0.15, -0.1) is 5.10 Å². The number of nitrogens with zero attached hydrogens (tertiary/aromatic N) is 4. The smallest absolute Gasteiger partial charge is 0.326 e. The van der Waals surface area contributed by atoms with E-state index in [2.05, 4.69) is 10.3 Å². The molecule has 7 nitrogen and oxygen atoms in total. The minimum absolute atomic E-state index is 0.0462. The molecule has 1 amide bonds. The molecule has 1 aromatic carbocycles. The first kappa shape index (κ1) is 15.1. The van der Waals surface area contributed by atoms with Crippen LogP contribution in [0.5, 0.6) is 0 Å². The lowest BCUT2D eigenvalue weighted by molar-refractivity contribution is -0.141. The maximum Gasteiger partial charge on any atom is 0.326 e. The van der Waals surface area contributed by atoms with Crippen molar-refractivity contribution in [3.8, 4) is 0 Å². The highest BCUT2D eigenvalue weighted by Crippen LogP contribution is 2.40. The molecule has 2 aromatic rings. The molecule has 0 bridgehead atoms. The standard InChI is InChI=1S/C17H20N4O3/c1-20-14-7-6-11(8-12(14)18-19-20)16(22)21-13-5-3-2-4-10(13)9-15(21)17(23)24/h6-8,10,13,15H,2-5,9H2,1H3,(H,23,24)/t10-,13+,15-/m0/s1. The van der Waals surface area contributed by atoms with Crippen LogP contribution in [0.4, 0.5) is 0 Å². The summed E-state index contributed by atoms with van der Waals surface area (Å²) < 4.78 is 1.65. The first-order valence-corrected chi connectivity index (χ1v) is 8.41. The van der Waals surface area contributed by atoms with Crippen LogP contribution in [0.3, 0.4) is 0 Å². The van der Waals surface area contributed by atoms with E-state index in [0.717, 1.165) is 31.2 Å². The van der Waals surface area contributed by atoms with Gasteiger partial charge in [-0.3, -0.25) is 4.79 Å². The van der Waals surface area contributed by atoms with Crippen molar-refractivity contribution >= 4 is 22.9 Å². The lowest BCUT2D eigenvalue weighted by atomic mass is 9.84. The molecular formula is C17H20N4O3. The third kappa shape index (κ3) is 2.26. The molecule has 24 heavy (non-hydrogen) atoms. The van der Waals surface area contributed by atoms with Gasteiger partial charge in [0.1, 0.15) is 11.6 Å². The van der Waals surface area contributed by atoms with Crippen molar-refractivity contribution in [3.05, 3.63) is 23.8 Å². The highest BCUT2D eigenvalue weighted by Gasteiger charge is 2.47. The molecule has 0 radical (unpaired) electrons. The average molecular weight is 328 g/mol. The molecule has 0 unspecified atom stereocenters. The molecule has 4 rings (SSSR count). The Bertz CT molecular complexity index is 815. The van der Waals surface area contributed by atoms with Crippen LogP contribution >= 0.6 is 0 Å². The van der Waals surface area contributed by atoms with E-state index in [1.807, 2.05) is 6.07 Å². The molecule has 2 fully saturated rings. The second kappa shape index (κ2) is 5.58. The molecule has 1 aromatic heterocycles. The summed E-state index contributed by atoms with van der Waals surface area (Å²) in [4.78, 5) is 26.4. The van der Waals surface area contributed by atoms with Gasteiger partial charge in [-0.05, 0) is 43.4 Å². The number of rotatable bonds is 2. The summed E-state index contributed by atoms with van der Waals surface area (Å²) in [6, 6.07) is 4.59. The van der Waals surface area contributed by atoms with E-state index in [1.165, 1.54) is 0 Å². The Hall–Kier alpha value is -2.44. The van der Waals surface area contributed by atoms with Crippen LogP contribution in [0.2, 0.25) is 0 Å². The van der Waals surface area contributed by atoms with Crippen LogP contribution in [-0.4, -0.2) is 49.0 Å². The second-order valence-electron chi connectivity index (χ2n) is 6.83. The molecule has 1 aliphatic carbocycles. The predicted molar refractivity (Wildman–Crippen MR) is 86.5 cm³/mol. The Balaban J connectivity index is 1.70. The summed E-state index contributed by atoms with van der Waals surface area (Å²) in [5.41, 5.74) is 1.98. The third-order valence-electron chi connectivity index (χ3n) is 5.47. The van der Waals surface area contributed by atoms with E-state index >= 15 is 0 Å². The Morgan fingerprint density at radius 2 is 2.04 bits per heavy atom. The van der Waals surface area contributed by atoms with Crippen LogP contribution in [0.15, 0.2) is 18.2 Å². The Morgan fingerprint density at radius 3 is 2.83 bits per heavy atom. The van der Waals surface area contributed by atoms with Crippen molar-refractivity contribution < 1.29 is 14.7 Å². The van der Waals surface area contributed by atoms with Gasteiger partial charge in [0.05, 0.1) is 5.52 Å². The van der Waals surface area contributed by atoms with Crippen LogP contribution in [0.25, 0.3) is 11.0 Å². The van der Waals surface area contributed by atoms with Crippen LogP contribution < -0.4 is 0 Å². The number of aliphatic carboxylic acids is 1. The maximum absolute atomic E-state index is 13.1. The molecule has 2 aliphatic rings. The van der Waals surface area contributed by atoms with E-state index in [4.69, 9.17) is 0 Å². The maximum atomic E-state index is 13.1. The second-order valence-corrected chi connectivity index (χ2v) is 6.83. The molecule has 1 saturated carbocycles. The predicted octanol–water partition coefficient (Wildman–Crippen LogP) is 1.83. The molecule has 126 valence electrons. The third-order valence-corrected chi connectivity index (χ3v) is 5.47. The molecule has 7 heteroatoms. The largest absolute Gasteiger partial charge is 0.480 e. The minimum atomic E-state index is -0.904. The van der Waals surface area contributed by atoms with Crippen molar-refractivity contribution in [1.82, 2.24) is 19.9 Å². The van der Waals surface area contributed by atoms with E-state index < -0.39 is 12.0 Å². The van der Waals surface area contributed by atoms with E-state index in [1.54, 1.807) is 28.8 Å². The van der Waals surface area contributed by atoms with Crippen molar-refractivity contribution in [3.63, 3.8) is 0 Å². The van der Waals surface area contributed by atoms with Crippen molar-refractivity contribution in [2.24, 2.45) is 13.0 Å². The molecule has 0 spiro atoms. The highest BCUT2D eigenvalue weighted by atomic mass is 16.4. The van der Waals surface area contributed by atoms with E-state index in [9.17, 15) is 14.7 Å². The molecule has 1 N–H and O–H groups in total. The average Bonchev–Trinajstić information content (AvgIpc) is 3.15. The first-order chi connectivity index (χ1) is 11.6. The van der Waals surface area contributed by atoms with Gasteiger partial charge in [0.2, 0.25) is 0 Å². The zero-order chi connectivity index (χ0) is 16.8. The monoisotopic (exact) mass is 328 g/mol. The number of carbonyl (C=O) groups is 2. The summed E-state index contributed by atoms with van der Waals surface area (Å²) in [5.74, 6) is -0.799. The van der Waals surface area contributed by atoms with Gasteiger partial charge in [0, 0.05) is 18.7 Å². The number of hydrogen-bond acceptors (Lipinski definition) is 4. The zero-order valence-electron chi connectivity index (χ0n) is 13.6. The van der Waals surface area contributed by atoms with Gasteiger partial charge in [-0.2, -0.15) is 0 Å². The van der Waals surface area contributed by atoms with Crippen LogP contribution in [0, 0.1) is 5.92 Å². The summed E-state index contributed by atoms with van der Waals surface area (Å²) in [7, 11) is 1.80. The number of aryl methyl sites for hydroxylation is 1. The fourth-order valence-corrected chi connectivity index (χ4v) is 4.30. The van der Waals surface area contributed by atoms with E-state index in [-0.39, 0.29) is 11.9 Å². The summed E-state index contributed by atoms with van der Waals surface area (Å²) >= 11 is 0. The first-order valence-electron chi connectivity index (χ1n) is 8.41.